The van der Waals surface area contributed by atoms with Crippen LogP contribution < -0.4 is 5.32 Å². The molecule has 25 heavy (non-hydrogen) atoms. The van der Waals surface area contributed by atoms with Crippen LogP contribution in [0.15, 0.2) is 12.1 Å². The molecule has 2 aliphatic rings. The third-order valence-corrected chi connectivity index (χ3v) is 5.55. The number of ether oxygens (including phenoxy) is 1. The average molecular weight is 363 g/mol. The number of likely N-dealkylation sites (tertiary alicyclic amines) is 1. The highest BCUT2D eigenvalue weighted by Gasteiger charge is 2.22. The summed E-state index contributed by atoms with van der Waals surface area (Å²) in [5.74, 6) is 1.68. The van der Waals surface area contributed by atoms with Crippen molar-refractivity contribution in [3.63, 3.8) is 0 Å². The van der Waals surface area contributed by atoms with Crippen LogP contribution in [-0.4, -0.2) is 65.8 Å². The molecule has 2 saturated heterocycles. The van der Waals surface area contributed by atoms with Crippen molar-refractivity contribution in [2.75, 3.05) is 51.3 Å². The molecule has 0 spiro atoms. The smallest absolute Gasteiger partial charge is 0.174 e. The van der Waals surface area contributed by atoms with Crippen LogP contribution in [-0.2, 0) is 4.74 Å². The highest BCUT2D eigenvalue weighted by Crippen LogP contribution is 2.22. The first-order valence-electron chi connectivity index (χ1n) is 9.41. The van der Waals surface area contributed by atoms with Gasteiger partial charge in [-0.1, -0.05) is 0 Å². The van der Waals surface area contributed by atoms with Gasteiger partial charge in [0.1, 0.15) is 5.82 Å². The van der Waals surface area contributed by atoms with E-state index in [0.717, 1.165) is 61.9 Å². The van der Waals surface area contributed by atoms with E-state index < -0.39 is 0 Å². The summed E-state index contributed by atoms with van der Waals surface area (Å²) in [7, 11) is 0. The SMILES string of the molecule is Cc1cc(C)nc(NC(=S)N2CCC(CCN3CCOCC3)CC2)c1. The van der Waals surface area contributed by atoms with Crippen molar-refractivity contribution in [2.45, 2.75) is 33.1 Å². The molecule has 2 aliphatic heterocycles. The maximum absolute atomic E-state index is 5.60. The molecule has 2 fully saturated rings. The first-order valence-corrected chi connectivity index (χ1v) is 9.82. The van der Waals surface area contributed by atoms with Crippen molar-refractivity contribution in [1.82, 2.24) is 14.8 Å². The Hall–Kier alpha value is -1.24. The second-order valence-electron chi connectivity index (χ2n) is 7.27. The van der Waals surface area contributed by atoms with Gasteiger partial charge in [0, 0.05) is 31.9 Å². The molecular weight excluding hydrogens is 332 g/mol. The van der Waals surface area contributed by atoms with Gasteiger partial charge in [0.25, 0.3) is 0 Å². The number of thiocarbonyl (C=S) groups is 1. The van der Waals surface area contributed by atoms with Crippen LogP contribution in [0.2, 0.25) is 0 Å². The number of hydrogen-bond acceptors (Lipinski definition) is 4. The molecule has 0 unspecified atom stereocenters. The maximum Gasteiger partial charge on any atom is 0.174 e. The molecule has 0 radical (unpaired) electrons. The van der Waals surface area contributed by atoms with Crippen LogP contribution in [0.1, 0.15) is 30.5 Å². The maximum atomic E-state index is 5.60. The average Bonchev–Trinajstić information content (AvgIpc) is 2.60. The Bertz CT molecular complexity index is 561. The summed E-state index contributed by atoms with van der Waals surface area (Å²) in [6.07, 6.45) is 3.76. The summed E-state index contributed by atoms with van der Waals surface area (Å²) in [6, 6.07) is 4.13. The van der Waals surface area contributed by atoms with Gasteiger partial charge in [0.15, 0.2) is 5.11 Å². The van der Waals surface area contributed by atoms with E-state index in [1.807, 2.05) is 13.0 Å². The molecule has 0 aromatic carbocycles. The third-order valence-electron chi connectivity index (χ3n) is 5.19. The molecule has 0 bridgehead atoms. The van der Waals surface area contributed by atoms with E-state index in [2.05, 4.69) is 33.1 Å². The number of nitrogens with one attached hydrogen (secondary N) is 1. The standard InChI is InChI=1S/C19H30N4OS/c1-15-13-16(2)20-18(14-15)21-19(25)23-7-4-17(5-8-23)3-6-22-9-11-24-12-10-22/h13-14,17H,3-12H2,1-2H3,(H,20,21,25). The molecule has 138 valence electrons. The van der Waals surface area contributed by atoms with Gasteiger partial charge in [-0.25, -0.2) is 4.98 Å². The van der Waals surface area contributed by atoms with Crippen molar-refractivity contribution >= 4 is 23.1 Å². The summed E-state index contributed by atoms with van der Waals surface area (Å²) < 4.78 is 5.42. The lowest BCUT2D eigenvalue weighted by molar-refractivity contribution is 0.0342. The lowest BCUT2D eigenvalue weighted by atomic mass is 9.93. The number of morpholine rings is 1. The Morgan fingerprint density at radius 3 is 2.60 bits per heavy atom. The van der Waals surface area contributed by atoms with Crippen molar-refractivity contribution in [1.29, 1.82) is 0 Å². The Balaban J connectivity index is 1.41. The summed E-state index contributed by atoms with van der Waals surface area (Å²) in [5.41, 5.74) is 2.23. The van der Waals surface area contributed by atoms with Gasteiger partial charge in [-0.3, -0.25) is 4.90 Å². The van der Waals surface area contributed by atoms with Crippen LogP contribution in [0.25, 0.3) is 0 Å². The highest BCUT2D eigenvalue weighted by atomic mass is 32.1. The molecule has 6 heteroatoms. The minimum atomic E-state index is 0.809. The number of anilines is 1. The Labute approximate surface area is 156 Å². The third kappa shape index (κ3) is 5.62. The topological polar surface area (TPSA) is 40.6 Å². The van der Waals surface area contributed by atoms with E-state index >= 15 is 0 Å². The summed E-state index contributed by atoms with van der Waals surface area (Å²) in [5, 5.41) is 4.13. The lowest BCUT2D eigenvalue weighted by Crippen LogP contribution is -2.42. The van der Waals surface area contributed by atoms with E-state index in [9.17, 15) is 0 Å². The van der Waals surface area contributed by atoms with Gasteiger partial charge in [0.05, 0.1) is 13.2 Å². The fourth-order valence-corrected chi connectivity index (χ4v) is 4.00. The highest BCUT2D eigenvalue weighted by molar-refractivity contribution is 7.80. The van der Waals surface area contributed by atoms with Crippen molar-refractivity contribution in [2.24, 2.45) is 5.92 Å². The second-order valence-corrected chi connectivity index (χ2v) is 7.66. The quantitative estimate of drug-likeness (QED) is 0.831. The number of rotatable bonds is 4. The Morgan fingerprint density at radius 2 is 1.92 bits per heavy atom. The molecule has 0 atom stereocenters. The monoisotopic (exact) mass is 362 g/mol. The zero-order valence-electron chi connectivity index (χ0n) is 15.5. The number of aromatic nitrogens is 1. The number of piperidine rings is 1. The van der Waals surface area contributed by atoms with E-state index in [4.69, 9.17) is 17.0 Å². The molecule has 1 aromatic rings. The Kier molecular flexibility index (Phi) is 6.62. The molecule has 0 saturated carbocycles. The fraction of sp³-hybridized carbons (Fsp3) is 0.684. The molecule has 5 nitrogen and oxygen atoms in total. The van der Waals surface area contributed by atoms with Crippen LogP contribution in [0.4, 0.5) is 5.82 Å². The normalized spacial score (nSPS) is 19.8. The lowest BCUT2D eigenvalue weighted by Gasteiger charge is -2.35. The van der Waals surface area contributed by atoms with Crippen LogP contribution in [0, 0.1) is 19.8 Å². The van der Waals surface area contributed by atoms with Gasteiger partial charge in [-0.15, -0.1) is 0 Å². The second kappa shape index (κ2) is 8.92. The van der Waals surface area contributed by atoms with E-state index in [0.29, 0.717) is 0 Å². The van der Waals surface area contributed by atoms with E-state index in [1.165, 1.54) is 31.4 Å². The largest absolute Gasteiger partial charge is 0.379 e. The van der Waals surface area contributed by atoms with Gasteiger partial charge >= 0.3 is 0 Å². The molecule has 0 aliphatic carbocycles. The van der Waals surface area contributed by atoms with Crippen molar-refractivity contribution in [3.8, 4) is 0 Å². The van der Waals surface area contributed by atoms with E-state index in [1.54, 1.807) is 0 Å². The van der Waals surface area contributed by atoms with Crippen LogP contribution in [0.5, 0.6) is 0 Å². The zero-order chi connectivity index (χ0) is 17.6. The number of nitrogens with zero attached hydrogens (tertiary/aromatic N) is 3. The predicted molar refractivity (Wildman–Crippen MR) is 106 cm³/mol. The molecule has 0 amide bonds. The summed E-state index contributed by atoms with van der Waals surface area (Å²) in [6.45, 7) is 11.4. The minimum absolute atomic E-state index is 0.809. The van der Waals surface area contributed by atoms with Gasteiger partial charge in [-0.2, -0.15) is 0 Å². The summed E-state index contributed by atoms with van der Waals surface area (Å²) in [4.78, 5) is 9.35. The van der Waals surface area contributed by atoms with Crippen LogP contribution in [0.3, 0.4) is 0 Å². The zero-order valence-corrected chi connectivity index (χ0v) is 16.3. The summed E-state index contributed by atoms with van der Waals surface area (Å²) >= 11 is 5.60. The predicted octanol–water partition coefficient (Wildman–Crippen LogP) is 2.83. The molecule has 1 aromatic heterocycles. The first kappa shape index (κ1) is 18.5. The molecule has 1 N–H and O–H groups in total. The number of hydrogen-bond donors (Lipinski definition) is 1. The Morgan fingerprint density at radius 1 is 1.20 bits per heavy atom. The van der Waals surface area contributed by atoms with Crippen molar-refractivity contribution in [3.05, 3.63) is 23.4 Å². The molecule has 3 rings (SSSR count). The van der Waals surface area contributed by atoms with Gasteiger partial charge in [-0.05, 0) is 75.5 Å². The molecular formula is C19H30N4OS. The first-order chi connectivity index (χ1) is 12.1. The van der Waals surface area contributed by atoms with Gasteiger partial charge in [0.2, 0.25) is 0 Å². The fourth-order valence-electron chi connectivity index (χ4n) is 3.71. The number of aryl methyl sites for hydroxylation is 2. The van der Waals surface area contributed by atoms with Crippen LogP contribution >= 0.6 is 12.2 Å². The molecule has 3 heterocycles. The van der Waals surface area contributed by atoms with Gasteiger partial charge < -0.3 is 15.0 Å². The van der Waals surface area contributed by atoms with E-state index in [-0.39, 0.29) is 0 Å². The van der Waals surface area contributed by atoms with Crippen molar-refractivity contribution < 1.29 is 4.74 Å². The minimum Gasteiger partial charge on any atom is -0.379 e. The number of pyridine rings is 1.